The molecule has 0 saturated carbocycles. The van der Waals surface area contributed by atoms with Crippen LogP contribution in [-0.2, 0) is 9.59 Å². The number of carbonyl (C=O) groups excluding carboxylic acids is 2. The van der Waals surface area contributed by atoms with E-state index in [0.29, 0.717) is 13.2 Å². The van der Waals surface area contributed by atoms with Gasteiger partial charge in [0.15, 0.2) is 0 Å². The SMILES string of the molecule is Cc1ccc(OCCN(C)C(=O)C(N)CC(N)=O)cc1.Cl. The predicted octanol–water partition coefficient (Wildman–Crippen LogP) is 0.457. The van der Waals surface area contributed by atoms with E-state index in [0.717, 1.165) is 11.3 Å². The minimum Gasteiger partial charge on any atom is -0.492 e. The molecule has 1 rings (SSSR count). The van der Waals surface area contributed by atoms with Crippen LogP contribution >= 0.6 is 12.4 Å². The first kappa shape index (κ1) is 19.2. The van der Waals surface area contributed by atoms with E-state index in [-0.39, 0.29) is 24.7 Å². The van der Waals surface area contributed by atoms with Gasteiger partial charge in [-0.25, -0.2) is 0 Å². The first-order chi connectivity index (χ1) is 9.40. The highest BCUT2D eigenvalue weighted by atomic mass is 35.5. The van der Waals surface area contributed by atoms with Gasteiger partial charge in [-0.2, -0.15) is 0 Å². The molecule has 1 aromatic carbocycles. The molecule has 21 heavy (non-hydrogen) atoms. The third kappa shape index (κ3) is 6.97. The molecule has 0 fully saturated rings. The van der Waals surface area contributed by atoms with E-state index in [2.05, 4.69) is 0 Å². The zero-order chi connectivity index (χ0) is 15.1. The summed E-state index contributed by atoms with van der Waals surface area (Å²) in [5, 5.41) is 0. The molecule has 0 aromatic heterocycles. The van der Waals surface area contributed by atoms with Crippen LogP contribution in [0.2, 0.25) is 0 Å². The molecule has 0 bridgehead atoms. The van der Waals surface area contributed by atoms with Gasteiger partial charge in [-0.15, -0.1) is 12.4 Å². The number of benzene rings is 1. The topological polar surface area (TPSA) is 98.7 Å². The van der Waals surface area contributed by atoms with Crippen molar-refractivity contribution >= 4 is 24.2 Å². The van der Waals surface area contributed by atoms with Gasteiger partial charge in [-0.05, 0) is 19.1 Å². The second-order valence-corrected chi connectivity index (χ2v) is 4.70. The van der Waals surface area contributed by atoms with E-state index in [9.17, 15) is 9.59 Å². The van der Waals surface area contributed by atoms with Crippen molar-refractivity contribution in [1.29, 1.82) is 0 Å². The zero-order valence-electron chi connectivity index (χ0n) is 12.2. The van der Waals surface area contributed by atoms with Crippen LogP contribution in [0.25, 0.3) is 0 Å². The molecular formula is C14H22ClN3O3. The molecule has 2 amide bonds. The lowest BCUT2D eigenvalue weighted by atomic mass is 10.2. The zero-order valence-corrected chi connectivity index (χ0v) is 13.1. The molecular weight excluding hydrogens is 294 g/mol. The summed E-state index contributed by atoms with van der Waals surface area (Å²) in [7, 11) is 1.61. The van der Waals surface area contributed by atoms with E-state index in [1.54, 1.807) is 7.05 Å². The molecule has 0 heterocycles. The Bertz CT molecular complexity index is 465. The Labute approximate surface area is 130 Å². The van der Waals surface area contributed by atoms with Crippen molar-refractivity contribution in [3.05, 3.63) is 29.8 Å². The fourth-order valence-corrected chi connectivity index (χ4v) is 1.63. The van der Waals surface area contributed by atoms with Crippen LogP contribution in [0, 0.1) is 6.92 Å². The van der Waals surface area contributed by atoms with E-state index in [1.165, 1.54) is 4.90 Å². The lowest BCUT2D eigenvalue weighted by molar-refractivity contribution is -0.133. The van der Waals surface area contributed by atoms with Gasteiger partial charge >= 0.3 is 0 Å². The number of aryl methyl sites for hydroxylation is 1. The second kappa shape index (κ2) is 9.20. The first-order valence-electron chi connectivity index (χ1n) is 6.38. The Kier molecular flexibility index (Phi) is 8.42. The number of halogens is 1. The van der Waals surface area contributed by atoms with Crippen molar-refractivity contribution < 1.29 is 14.3 Å². The number of hydrogen-bond donors (Lipinski definition) is 2. The maximum Gasteiger partial charge on any atom is 0.239 e. The van der Waals surface area contributed by atoms with Crippen molar-refractivity contribution in [3.8, 4) is 5.75 Å². The summed E-state index contributed by atoms with van der Waals surface area (Å²) in [5.41, 5.74) is 11.7. The Hall–Kier alpha value is -1.79. The quantitative estimate of drug-likeness (QED) is 0.763. The third-order valence-corrected chi connectivity index (χ3v) is 2.83. The minimum absolute atomic E-state index is 0. The molecule has 6 nitrogen and oxygen atoms in total. The highest BCUT2D eigenvalue weighted by Gasteiger charge is 2.19. The van der Waals surface area contributed by atoms with Crippen molar-refractivity contribution in [2.45, 2.75) is 19.4 Å². The summed E-state index contributed by atoms with van der Waals surface area (Å²) < 4.78 is 5.52. The van der Waals surface area contributed by atoms with Crippen molar-refractivity contribution in [2.75, 3.05) is 20.2 Å². The van der Waals surface area contributed by atoms with Gasteiger partial charge in [0.05, 0.1) is 19.0 Å². The smallest absolute Gasteiger partial charge is 0.239 e. The van der Waals surface area contributed by atoms with Gasteiger partial charge < -0.3 is 21.1 Å². The fourth-order valence-electron chi connectivity index (χ4n) is 1.63. The average molecular weight is 316 g/mol. The Morgan fingerprint density at radius 3 is 2.38 bits per heavy atom. The van der Waals surface area contributed by atoms with Crippen LogP contribution in [0.5, 0.6) is 5.75 Å². The normalized spacial score (nSPS) is 11.2. The Morgan fingerprint density at radius 2 is 1.86 bits per heavy atom. The van der Waals surface area contributed by atoms with Gasteiger partial charge in [-0.1, -0.05) is 17.7 Å². The van der Waals surface area contributed by atoms with E-state index in [4.69, 9.17) is 16.2 Å². The number of ether oxygens (including phenoxy) is 1. The molecule has 0 saturated heterocycles. The van der Waals surface area contributed by atoms with Gasteiger partial charge in [-0.3, -0.25) is 9.59 Å². The highest BCUT2D eigenvalue weighted by Crippen LogP contribution is 2.11. The number of likely N-dealkylation sites (N-methyl/N-ethyl adjacent to an activating group) is 1. The Morgan fingerprint density at radius 1 is 1.29 bits per heavy atom. The first-order valence-corrected chi connectivity index (χ1v) is 6.38. The van der Waals surface area contributed by atoms with E-state index >= 15 is 0 Å². The molecule has 0 aliphatic carbocycles. The van der Waals surface area contributed by atoms with Crippen LogP contribution in [0.15, 0.2) is 24.3 Å². The summed E-state index contributed by atoms with van der Waals surface area (Å²) in [5.74, 6) is -0.163. The third-order valence-electron chi connectivity index (χ3n) is 2.83. The molecule has 0 spiro atoms. The lowest BCUT2D eigenvalue weighted by Gasteiger charge is -2.20. The molecule has 1 atom stereocenters. The molecule has 0 aliphatic rings. The maximum absolute atomic E-state index is 11.8. The second-order valence-electron chi connectivity index (χ2n) is 4.70. The average Bonchev–Trinajstić information content (AvgIpc) is 2.39. The molecule has 0 aliphatic heterocycles. The van der Waals surface area contributed by atoms with E-state index < -0.39 is 11.9 Å². The van der Waals surface area contributed by atoms with Crippen LogP contribution in [0.4, 0.5) is 0 Å². The van der Waals surface area contributed by atoms with Crippen LogP contribution in [0.1, 0.15) is 12.0 Å². The number of primary amides is 1. The summed E-state index contributed by atoms with van der Waals surface area (Å²) >= 11 is 0. The molecule has 118 valence electrons. The summed E-state index contributed by atoms with van der Waals surface area (Å²) in [4.78, 5) is 23.9. The van der Waals surface area contributed by atoms with E-state index in [1.807, 2.05) is 31.2 Å². The monoisotopic (exact) mass is 315 g/mol. The number of rotatable bonds is 7. The summed E-state index contributed by atoms with van der Waals surface area (Å²) in [6.07, 6.45) is -0.151. The number of nitrogens with zero attached hydrogens (tertiary/aromatic N) is 1. The van der Waals surface area contributed by atoms with Crippen molar-refractivity contribution in [2.24, 2.45) is 11.5 Å². The molecule has 1 unspecified atom stereocenters. The summed E-state index contributed by atoms with van der Waals surface area (Å²) in [6.45, 7) is 2.74. The largest absolute Gasteiger partial charge is 0.492 e. The number of amides is 2. The maximum atomic E-state index is 11.8. The van der Waals surface area contributed by atoms with Crippen LogP contribution in [-0.4, -0.2) is 43.0 Å². The molecule has 4 N–H and O–H groups in total. The minimum atomic E-state index is -0.892. The molecule has 0 radical (unpaired) electrons. The van der Waals surface area contributed by atoms with Crippen LogP contribution in [0.3, 0.4) is 0 Å². The van der Waals surface area contributed by atoms with Gasteiger partial charge in [0.1, 0.15) is 12.4 Å². The lowest BCUT2D eigenvalue weighted by Crippen LogP contribution is -2.45. The van der Waals surface area contributed by atoms with Crippen molar-refractivity contribution in [1.82, 2.24) is 4.90 Å². The van der Waals surface area contributed by atoms with Crippen LogP contribution < -0.4 is 16.2 Å². The standard InChI is InChI=1S/C14H21N3O3.ClH/c1-10-3-5-11(6-4-10)20-8-7-17(2)14(19)12(15)9-13(16)18;/h3-6,12H,7-9,15H2,1-2H3,(H2,16,18);1H. The molecule has 7 heteroatoms. The Balaban J connectivity index is 0.00000400. The van der Waals surface area contributed by atoms with Crippen molar-refractivity contribution in [3.63, 3.8) is 0 Å². The fraction of sp³-hybridized carbons (Fsp3) is 0.429. The highest BCUT2D eigenvalue weighted by molar-refractivity contribution is 5.87. The van der Waals surface area contributed by atoms with Gasteiger partial charge in [0.25, 0.3) is 0 Å². The number of carbonyl (C=O) groups is 2. The predicted molar refractivity (Wildman–Crippen MR) is 83.3 cm³/mol. The molecule has 1 aromatic rings. The summed E-state index contributed by atoms with van der Waals surface area (Å²) in [6, 6.07) is 6.75. The number of hydrogen-bond acceptors (Lipinski definition) is 4. The number of nitrogens with two attached hydrogens (primary N) is 2. The van der Waals surface area contributed by atoms with Gasteiger partial charge in [0, 0.05) is 7.05 Å². The van der Waals surface area contributed by atoms with Gasteiger partial charge in [0.2, 0.25) is 11.8 Å².